The Bertz CT molecular complexity index is 914. The molecule has 0 radical (unpaired) electrons. The second kappa shape index (κ2) is 7.69. The predicted octanol–water partition coefficient (Wildman–Crippen LogP) is 4.55. The maximum Gasteiger partial charge on any atom is 0.356 e. The lowest BCUT2D eigenvalue weighted by Gasteiger charge is -2.29. The van der Waals surface area contributed by atoms with Crippen molar-refractivity contribution in [2.45, 2.75) is 24.5 Å². The highest BCUT2D eigenvalue weighted by Gasteiger charge is 2.51. The molecule has 0 aromatic heterocycles. The van der Waals surface area contributed by atoms with E-state index in [1.165, 1.54) is 0 Å². The summed E-state index contributed by atoms with van der Waals surface area (Å²) in [5.74, 6) is -0.945. The third kappa shape index (κ3) is 3.41. The van der Waals surface area contributed by atoms with Gasteiger partial charge < -0.3 is 9.47 Å². The highest BCUT2D eigenvalue weighted by Crippen LogP contribution is 2.40. The molecule has 4 nitrogen and oxygen atoms in total. The average Bonchev–Trinajstić information content (AvgIpc) is 3.17. The Kier molecular flexibility index (Phi) is 4.94. The van der Waals surface area contributed by atoms with Gasteiger partial charge in [-0.25, -0.2) is 4.79 Å². The lowest BCUT2D eigenvalue weighted by molar-refractivity contribution is -0.179. The molecule has 0 N–H and O–H groups in total. The zero-order valence-electron chi connectivity index (χ0n) is 15.3. The van der Waals surface area contributed by atoms with E-state index in [9.17, 15) is 9.59 Å². The molecule has 4 heteroatoms. The lowest BCUT2D eigenvalue weighted by atomic mass is 9.90. The van der Waals surface area contributed by atoms with E-state index in [2.05, 4.69) is 0 Å². The van der Waals surface area contributed by atoms with E-state index in [0.29, 0.717) is 5.56 Å². The Morgan fingerprint density at radius 2 is 1.32 bits per heavy atom. The summed E-state index contributed by atoms with van der Waals surface area (Å²) in [4.78, 5) is 25.3. The molecule has 140 valence electrons. The SMILES string of the molecule is O=C1CC[C@](C(=O)OC(c2ccccc2)c2ccccc2)(c2ccccc2)O1. The molecule has 0 spiro atoms. The molecule has 0 saturated carbocycles. The van der Waals surface area contributed by atoms with Crippen LogP contribution >= 0.6 is 0 Å². The van der Waals surface area contributed by atoms with Crippen molar-refractivity contribution in [1.29, 1.82) is 0 Å². The van der Waals surface area contributed by atoms with Gasteiger partial charge in [0.15, 0.2) is 6.10 Å². The Morgan fingerprint density at radius 3 is 1.79 bits per heavy atom. The van der Waals surface area contributed by atoms with Crippen LogP contribution in [0.2, 0.25) is 0 Å². The maximum absolute atomic E-state index is 13.4. The van der Waals surface area contributed by atoms with Crippen LogP contribution < -0.4 is 0 Å². The minimum absolute atomic E-state index is 0.186. The van der Waals surface area contributed by atoms with Gasteiger partial charge in [-0.2, -0.15) is 0 Å². The van der Waals surface area contributed by atoms with Crippen molar-refractivity contribution in [2.24, 2.45) is 0 Å². The van der Waals surface area contributed by atoms with Gasteiger partial charge in [-0.15, -0.1) is 0 Å². The van der Waals surface area contributed by atoms with Gasteiger partial charge in [0.1, 0.15) is 0 Å². The average molecular weight is 372 g/mol. The van der Waals surface area contributed by atoms with Crippen LogP contribution in [-0.4, -0.2) is 11.9 Å². The van der Waals surface area contributed by atoms with E-state index >= 15 is 0 Å². The van der Waals surface area contributed by atoms with Gasteiger partial charge in [0.05, 0.1) is 6.42 Å². The fourth-order valence-electron chi connectivity index (χ4n) is 3.53. The van der Waals surface area contributed by atoms with Crippen LogP contribution in [0.15, 0.2) is 91.0 Å². The van der Waals surface area contributed by atoms with Gasteiger partial charge in [0, 0.05) is 12.0 Å². The van der Waals surface area contributed by atoms with Crippen molar-refractivity contribution in [3.8, 4) is 0 Å². The molecule has 0 bridgehead atoms. The summed E-state index contributed by atoms with van der Waals surface area (Å²) in [6.45, 7) is 0. The Hall–Kier alpha value is -3.40. The van der Waals surface area contributed by atoms with Crippen molar-refractivity contribution in [3.05, 3.63) is 108 Å². The first-order valence-corrected chi connectivity index (χ1v) is 9.27. The Balaban J connectivity index is 1.71. The monoisotopic (exact) mass is 372 g/mol. The fourth-order valence-corrected chi connectivity index (χ4v) is 3.53. The second-order valence-electron chi connectivity index (χ2n) is 6.77. The predicted molar refractivity (Wildman–Crippen MR) is 104 cm³/mol. The summed E-state index contributed by atoms with van der Waals surface area (Å²) in [6.07, 6.45) is -0.133. The van der Waals surface area contributed by atoms with E-state index in [0.717, 1.165) is 11.1 Å². The van der Waals surface area contributed by atoms with Crippen molar-refractivity contribution in [1.82, 2.24) is 0 Å². The third-order valence-corrected chi connectivity index (χ3v) is 4.97. The molecule has 1 atom stereocenters. The van der Waals surface area contributed by atoms with Crippen molar-refractivity contribution in [2.75, 3.05) is 0 Å². The lowest BCUT2D eigenvalue weighted by Crippen LogP contribution is -2.38. The summed E-state index contributed by atoms with van der Waals surface area (Å²) in [5.41, 5.74) is 0.940. The third-order valence-electron chi connectivity index (χ3n) is 4.97. The van der Waals surface area contributed by atoms with Crippen LogP contribution in [-0.2, 0) is 24.7 Å². The number of carbonyl (C=O) groups is 2. The molecule has 3 aromatic rings. The largest absolute Gasteiger partial charge is 0.449 e. The van der Waals surface area contributed by atoms with E-state index < -0.39 is 23.6 Å². The molecular formula is C24H20O4. The molecule has 1 heterocycles. The van der Waals surface area contributed by atoms with E-state index in [4.69, 9.17) is 9.47 Å². The first-order chi connectivity index (χ1) is 13.7. The summed E-state index contributed by atoms with van der Waals surface area (Å²) in [7, 11) is 0. The van der Waals surface area contributed by atoms with Gasteiger partial charge in [-0.05, 0) is 11.1 Å². The molecule has 4 rings (SSSR count). The van der Waals surface area contributed by atoms with E-state index in [-0.39, 0.29) is 12.8 Å². The number of carbonyl (C=O) groups excluding carboxylic acids is 2. The number of ether oxygens (including phenoxy) is 2. The van der Waals surface area contributed by atoms with Crippen LogP contribution in [0.3, 0.4) is 0 Å². The molecule has 1 saturated heterocycles. The minimum Gasteiger partial charge on any atom is -0.449 e. The van der Waals surface area contributed by atoms with Crippen molar-refractivity contribution < 1.29 is 19.1 Å². The van der Waals surface area contributed by atoms with Gasteiger partial charge >= 0.3 is 11.9 Å². The normalized spacial score (nSPS) is 18.7. The number of benzene rings is 3. The second-order valence-corrected chi connectivity index (χ2v) is 6.77. The summed E-state index contributed by atoms with van der Waals surface area (Å²) < 4.78 is 11.6. The first-order valence-electron chi connectivity index (χ1n) is 9.27. The molecule has 0 amide bonds. The van der Waals surface area contributed by atoms with Gasteiger partial charge in [0.25, 0.3) is 0 Å². The number of hydrogen-bond donors (Lipinski definition) is 0. The van der Waals surface area contributed by atoms with Gasteiger partial charge in [-0.1, -0.05) is 91.0 Å². The minimum atomic E-state index is -1.40. The van der Waals surface area contributed by atoms with E-state index in [1.807, 2.05) is 78.9 Å². The topological polar surface area (TPSA) is 52.6 Å². The maximum atomic E-state index is 13.4. The van der Waals surface area contributed by atoms with Crippen LogP contribution in [0.5, 0.6) is 0 Å². The quantitative estimate of drug-likeness (QED) is 0.617. The zero-order valence-corrected chi connectivity index (χ0v) is 15.3. The van der Waals surface area contributed by atoms with Crippen LogP contribution in [0.25, 0.3) is 0 Å². The molecule has 1 aliphatic rings. The number of rotatable bonds is 5. The molecule has 1 aliphatic heterocycles. The first kappa shape index (κ1) is 18.0. The number of esters is 2. The van der Waals surface area contributed by atoms with Crippen LogP contribution in [0.1, 0.15) is 35.6 Å². The Morgan fingerprint density at radius 1 is 0.821 bits per heavy atom. The van der Waals surface area contributed by atoms with Crippen molar-refractivity contribution >= 4 is 11.9 Å². The highest BCUT2D eigenvalue weighted by atomic mass is 16.6. The fraction of sp³-hybridized carbons (Fsp3) is 0.167. The smallest absolute Gasteiger partial charge is 0.356 e. The summed E-state index contributed by atoms with van der Waals surface area (Å²) >= 11 is 0. The molecule has 28 heavy (non-hydrogen) atoms. The molecule has 0 unspecified atom stereocenters. The summed E-state index contributed by atoms with van der Waals surface area (Å²) in [6, 6.07) is 28.2. The molecule has 3 aromatic carbocycles. The number of cyclic esters (lactones) is 1. The molecule has 0 aliphatic carbocycles. The zero-order chi connectivity index (χ0) is 19.4. The Labute approximate surface area is 163 Å². The van der Waals surface area contributed by atoms with Crippen LogP contribution in [0.4, 0.5) is 0 Å². The van der Waals surface area contributed by atoms with Crippen molar-refractivity contribution in [3.63, 3.8) is 0 Å². The van der Waals surface area contributed by atoms with Gasteiger partial charge in [0.2, 0.25) is 5.60 Å². The van der Waals surface area contributed by atoms with E-state index in [1.54, 1.807) is 12.1 Å². The van der Waals surface area contributed by atoms with Gasteiger partial charge in [-0.3, -0.25) is 4.79 Å². The highest BCUT2D eigenvalue weighted by molar-refractivity contribution is 5.88. The molecule has 1 fully saturated rings. The van der Waals surface area contributed by atoms with Crippen LogP contribution in [0, 0.1) is 0 Å². The molecular weight excluding hydrogens is 352 g/mol. The number of hydrogen-bond acceptors (Lipinski definition) is 4. The summed E-state index contributed by atoms with van der Waals surface area (Å²) in [5, 5.41) is 0. The standard InChI is InChI=1S/C24H20O4/c25-21-16-17-24(28-21,20-14-8-3-9-15-20)23(26)27-22(18-10-4-1-5-11-18)19-12-6-2-7-13-19/h1-15,22H,16-17H2/t24-/m1/s1.